The van der Waals surface area contributed by atoms with Crippen molar-refractivity contribution < 1.29 is 9.90 Å². The standard InChI is InChI=1S/C23H36N4O2/c1-3-23(29)11-9-16-15(12-23)4-5-18-17(16)8-10-22(2)19(18)6-7-20(22)21(28)13-27-25-14-24-26-27/h14-20,29H,3-13H2,1-2H3/t15-,16-,17?,18?,19?,20+,22-,23+/m0/s1. The summed E-state index contributed by atoms with van der Waals surface area (Å²) in [6, 6.07) is 0. The smallest absolute Gasteiger partial charge is 0.162 e. The van der Waals surface area contributed by atoms with Gasteiger partial charge in [-0.05, 0) is 104 Å². The number of aromatic nitrogens is 4. The highest BCUT2D eigenvalue weighted by atomic mass is 16.3. The van der Waals surface area contributed by atoms with Crippen molar-refractivity contribution in [2.45, 2.75) is 90.2 Å². The van der Waals surface area contributed by atoms with Gasteiger partial charge < -0.3 is 5.11 Å². The first-order valence-corrected chi connectivity index (χ1v) is 11.9. The van der Waals surface area contributed by atoms with Crippen LogP contribution < -0.4 is 0 Å². The molecule has 0 aliphatic heterocycles. The summed E-state index contributed by atoms with van der Waals surface area (Å²) in [4.78, 5) is 14.5. The van der Waals surface area contributed by atoms with E-state index in [0.29, 0.717) is 11.7 Å². The van der Waals surface area contributed by atoms with E-state index in [1.807, 2.05) is 0 Å². The van der Waals surface area contributed by atoms with Gasteiger partial charge in [0, 0.05) is 5.92 Å². The number of tetrazole rings is 1. The van der Waals surface area contributed by atoms with Crippen molar-refractivity contribution >= 4 is 5.78 Å². The first kappa shape index (κ1) is 19.7. The highest BCUT2D eigenvalue weighted by Crippen LogP contribution is 2.64. The first-order chi connectivity index (χ1) is 13.9. The highest BCUT2D eigenvalue weighted by Gasteiger charge is 2.58. The molecule has 8 atom stereocenters. The summed E-state index contributed by atoms with van der Waals surface area (Å²) in [5, 5.41) is 22.5. The number of carbonyl (C=O) groups excluding carboxylic acids is 1. The zero-order chi connectivity index (χ0) is 20.2. The molecule has 0 radical (unpaired) electrons. The van der Waals surface area contributed by atoms with Gasteiger partial charge in [0.05, 0.1) is 5.60 Å². The predicted octanol–water partition coefficient (Wildman–Crippen LogP) is 3.65. The summed E-state index contributed by atoms with van der Waals surface area (Å²) in [6.07, 6.45) is 12.8. The largest absolute Gasteiger partial charge is 0.390 e. The van der Waals surface area contributed by atoms with E-state index >= 15 is 0 Å². The third-order valence-corrected chi connectivity index (χ3v) is 9.84. The van der Waals surface area contributed by atoms with E-state index in [4.69, 9.17) is 0 Å². The zero-order valence-electron chi connectivity index (χ0n) is 18.0. The Labute approximate surface area is 173 Å². The number of aliphatic hydroxyl groups is 1. The number of rotatable bonds is 4. The lowest BCUT2D eigenvalue weighted by atomic mass is 9.48. The normalized spacial score (nSPS) is 46.6. The van der Waals surface area contributed by atoms with Crippen molar-refractivity contribution in [3.05, 3.63) is 6.33 Å². The lowest BCUT2D eigenvalue weighted by Gasteiger charge is -2.57. The Hall–Kier alpha value is -1.30. The van der Waals surface area contributed by atoms with Crippen molar-refractivity contribution in [1.29, 1.82) is 0 Å². The van der Waals surface area contributed by atoms with E-state index in [9.17, 15) is 9.90 Å². The van der Waals surface area contributed by atoms with Gasteiger partial charge in [0.1, 0.15) is 6.54 Å². The fraction of sp³-hybridized carbons (Fsp3) is 0.913. The maximum absolute atomic E-state index is 13.1. The molecular weight excluding hydrogens is 364 g/mol. The van der Waals surface area contributed by atoms with E-state index in [-0.39, 0.29) is 17.9 Å². The minimum absolute atomic E-state index is 0.143. The second kappa shape index (κ2) is 7.14. The van der Waals surface area contributed by atoms with Crippen LogP contribution in [0.15, 0.2) is 6.33 Å². The lowest BCUT2D eigenvalue weighted by Crippen LogP contribution is -2.51. The molecular formula is C23H36N4O2. The molecule has 160 valence electrons. The molecule has 29 heavy (non-hydrogen) atoms. The number of fused-ring (bicyclic) bond motifs is 5. The van der Waals surface area contributed by atoms with Gasteiger partial charge in [0.15, 0.2) is 12.1 Å². The second-order valence-electron chi connectivity index (χ2n) is 10.9. The Kier molecular flexibility index (Phi) is 4.84. The van der Waals surface area contributed by atoms with Crippen LogP contribution in [0.5, 0.6) is 0 Å². The van der Waals surface area contributed by atoms with Gasteiger partial charge in [0.25, 0.3) is 0 Å². The minimum atomic E-state index is -0.405. The molecule has 1 heterocycles. The Morgan fingerprint density at radius 2 is 1.93 bits per heavy atom. The average molecular weight is 401 g/mol. The van der Waals surface area contributed by atoms with Gasteiger partial charge in [-0.3, -0.25) is 4.79 Å². The van der Waals surface area contributed by atoms with E-state index in [1.54, 1.807) is 0 Å². The number of nitrogens with zero attached hydrogens (tertiary/aromatic N) is 4. The Balaban J connectivity index is 1.31. The second-order valence-corrected chi connectivity index (χ2v) is 10.9. The van der Waals surface area contributed by atoms with Gasteiger partial charge in [-0.25, -0.2) is 0 Å². The topological polar surface area (TPSA) is 80.9 Å². The summed E-state index contributed by atoms with van der Waals surface area (Å²) in [7, 11) is 0. The molecule has 6 heteroatoms. The zero-order valence-corrected chi connectivity index (χ0v) is 18.0. The van der Waals surface area contributed by atoms with Crippen LogP contribution in [0, 0.1) is 40.9 Å². The van der Waals surface area contributed by atoms with Crippen LogP contribution in [0.2, 0.25) is 0 Å². The van der Waals surface area contributed by atoms with Gasteiger partial charge in [-0.1, -0.05) is 13.8 Å². The van der Waals surface area contributed by atoms with Gasteiger partial charge in [-0.15, -0.1) is 10.2 Å². The molecule has 0 saturated heterocycles. The van der Waals surface area contributed by atoms with Crippen LogP contribution in [0.4, 0.5) is 0 Å². The Bertz CT molecular complexity index is 752. The third kappa shape index (κ3) is 3.17. The van der Waals surface area contributed by atoms with Crippen molar-refractivity contribution in [3.8, 4) is 0 Å². The Morgan fingerprint density at radius 1 is 1.10 bits per heavy atom. The molecule has 1 aromatic rings. The summed E-state index contributed by atoms with van der Waals surface area (Å²) in [5.74, 6) is 4.26. The number of Topliss-reactive ketones (excluding diaryl/α,β-unsaturated/α-hetero) is 1. The summed E-state index contributed by atoms with van der Waals surface area (Å²) in [6.45, 7) is 4.81. The molecule has 0 amide bonds. The van der Waals surface area contributed by atoms with Crippen molar-refractivity contribution in [3.63, 3.8) is 0 Å². The van der Waals surface area contributed by atoms with Crippen LogP contribution in [-0.2, 0) is 11.3 Å². The van der Waals surface area contributed by atoms with E-state index in [0.717, 1.165) is 49.4 Å². The molecule has 5 rings (SSSR count). The van der Waals surface area contributed by atoms with Crippen LogP contribution in [0.3, 0.4) is 0 Å². The molecule has 4 saturated carbocycles. The molecule has 6 nitrogen and oxygen atoms in total. The van der Waals surface area contributed by atoms with Gasteiger partial charge >= 0.3 is 0 Å². The monoisotopic (exact) mass is 400 g/mol. The van der Waals surface area contributed by atoms with E-state index in [2.05, 4.69) is 29.3 Å². The minimum Gasteiger partial charge on any atom is -0.390 e. The summed E-state index contributed by atoms with van der Waals surface area (Å²) in [5.41, 5.74) is -0.262. The SMILES string of the molecule is CC[C@@]1(O)CC[C@@H]2C3CC[C@@]4(C)C(CC[C@@H]4C(=O)Cn4ncnn4)C3CC[C@H]2C1. The average Bonchev–Trinajstić information content (AvgIpc) is 3.34. The molecule has 4 fully saturated rings. The quantitative estimate of drug-likeness (QED) is 0.834. The number of carbonyl (C=O) groups is 1. The first-order valence-electron chi connectivity index (χ1n) is 11.9. The van der Waals surface area contributed by atoms with E-state index < -0.39 is 5.60 Å². The molecule has 0 aromatic carbocycles. The fourth-order valence-corrected chi connectivity index (χ4v) is 8.32. The van der Waals surface area contributed by atoms with Crippen LogP contribution in [0.25, 0.3) is 0 Å². The third-order valence-electron chi connectivity index (χ3n) is 9.84. The van der Waals surface area contributed by atoms with Crippen molar-refractivity contribution in [1.82, 2.24) is 20.2 Å². The lowest BCUT2D eigenvalue weighted by molar-refractivity contribution is -0.133. The van der Waals surface area contributed by atoms with Crippen LogP contribution >= 0.6 is 0 Å². The molecule has 1 aromatic heterocycles. The van der Waals surface area contributed by atoms with Gasteiger partial charge in [-0.2, -0.15) is 4.80 Å². The predicted molar refractivity (Wildman–Crippen MR) is 109 cm³/mol. The van der Waals surface area contributed by atoms with Crippen molar-refractivity contribution in [2.75, 3.05) is 0 Å². The molecule has 4 aliphatic rings. The maximum Gasteiger partial charge on any atom is 0.162 e. The van der Waals surface area contributed by atoms with E-state index in [1.165, 1.54) is 49.6 Å². The number of hydrogen-bond donors (Lipinski definition) is 1. The molecule has 3 unspecified atom stereocenters. The molecule has 1 N–H and O–H groups in total. The Morgan fingerprint density at radius 3 is 2.69 bits per heavy atom. The summed E-state index contributed by atoms with van der Waals surface area (Å²) < 4.78 is 0. The van der Waals surface area contributed by atoms with Crippen LogP contribution in [-0.4, -0.2) is 36.7 Å². The highest BCUT2D eigenvalue weighted by molar-refractivity contribution is 5.81. The molecule has 0 spiro atoms. The van der Waals surface area contributed by atoms with Gasteiger partial charge in [0.2, 0.25) is 0 Å². The fourth-order valence-electron chi connectivity index (χ4n) is 8.32. The number of ketones is 1. The maximum atomic E-state index is 13.1. The summed E-state index contributed by atoms with van der Waals surface area (Å²) >= 11 is 0. The van der Waals surface area contributed by atoms with Crippen LogP contribution in [0.1, 0.15) is 78.1 Å². The molecule has 4 aliphatic carbocycles. The van der Waals surface area contributed by atoms with Crippen molar-refractivity contribution in [2.24, 2.45) is 40.9 Å². The molecule has 0 bridgehead atoms. The number of hydrogen-bond acceptors (Lipinski definition) is 5.